The number of alkyl halides is 1. The number of nitrogens with one attached hydrogen (secondary N) is 1. The minimum absolute atomic E-state index is 0.0421. The summed E-state index contributed by atoms with van der Waals surface area (Å²) in [6.07, 6.45) is 0. The van der Waals surface area contributed by atoms with Crippen molar-refractivity contribution in [1.29, 1.82) is 0 Å². The lowest BCUT2D eigenvalue weighted by atomic mass is 9.90. The van der Waals surface area contributed by atoms with Crippen LogP contribution in [0.1, 0.15) is 11.5 Å². The summed E-state index contributed by atoms with van der Waals surface area (Å²) in [7, 11) is 0. The van der Waals surface area contributed by atoms with Crippen LogP contribution in [0.3, 0.4) is 0 Å². The van der Waals surface area contributed by atoms with E-state index in [0.29, 0.717) is 0 Å². The van der Waals surface area contributed by atoms with Gasteiger partial charge >= 0.3 is 0 Å². The van der Waals surface area contributed by atoms with Crippen LogP contribution in [0.4, 0.5) is 8.78 Å². The van der Waals surface area contributed by atoms with E-state index in [9.17, 15) is 8.78 Å². The third-order valence-electron chi connectivity index (χ3n) is 2.84. The lowest BCUT2D eigenvalue weighted by Crippen LogP contribution is -2.12. The molecular formula is C11H13F2N. The van der Waals surface area contributed by atoms with E-state index in [2.05, 4.69) is 5.32 Å². The predicted molar refractivity (Wildman–Crippen MR) is 51.5 cm³/mol. The van der Waals surface area contributed by atoms with Gasteiger partial charge in [-0.25, -0.2) is 4.39 Å². The van der Waals surface area contributed by atoms with Crippen molar-refractivity contribution >= 4 is 0 Å². The Labute approximate surface area is 82.1 Å². The van der Waals surface area contributed by atoms with E-state index in [-0.39, 0.29) is 24.3 Å². The Morgan fingerprint density at radius 3 is 2.57 bits per heavy atom. The SMILES string of the molecule is FC[C@@H]1CNC[C@@H]1c1ccc(F)cc1. The van der Waals surface area contributed by atoms with Crippen molar-refractivity contribution in [2.75, 3.05) is 19.8 Å². The topological polar surface area (TPSA) is 12.0 Å². The molecule has 1 aromatic carbocycles. The molecule has 1 aliphatic heterocycles. The molecule has 1 fully saturated rings. The molecule has 2 atom stereocenters. The average Bonchev–Trinajstić information content (AvgIpc) is 2.67. The third kappa shape index (κ3) is 1.77. The quantitative estimate of drug-likeness (QED) is 0.765. The molecular weight excluding hydrogens is 184 g/mol. The highest BCUT2D eigenvalue weighted by Crippen LogP contribution is 2.28. The van der Waals surface area contributed by atoms with Crippen LogP contribution >= 0.6 is 0 Å². The molecule has 0 bridgehead atoms. The van der Waals surface area contributed by atoms with Crippen molar-refractivity contribution in [3.05, 3.63) is 35.6 Å². The fourth-order valence-corrected chi connectivity index (χ4v) is 2.00. The van der Waals surface area contributed by atoms with Gasteiger partial charge in [0.25, 0.3) is 0 Å². The smallest absolute Gasteiger partial charge is 0.123 e. The van der Waals surface area contributed by atoms with Crippen molar-refractivity contribution in [3.8, 4) is 0 Å². The fourth-order valence-electron chi connectivity index (χ4n) is 2.00. The second-order valence-corrected chi connectivity index (χ2v) is 3.73. The zero-order valence-corrected chi connectivity index (χ0v) is 7.84. The van der Waals surface area contributed by atoms with E-state index < -0.39 is 0 Å². The van der Waals surface area contributed by atoms with Crippen molar-refractivity contribution in [2.45, 2.75) is 5.92 Å². The summed E-state index contributed by atoms with van der Waals surface area (Å²) in [5.41, 5.74) is 1.03. The van der Waals surface area contributed by atoms with Crippen LogP contribution in [0.2, 0.25) is 0 Å². The van der Waals surface area contributed by atoms with Gasteiger partial charge in [0.2, 0.25) is 0 Å². The first-order valence-corrected chi connectivity index (χ1v) is 4.83. The highest BCUT2D eigenvalue weighted by atomic mass is 19.1. The molecule has 1 aliphatic rings. The zero-order chi connectivity index (χ0) is 9.97. The molecule has 14 heavy (non-hydrogen) atoms. The Bertz CT molecular complexity index is 297. The van der Waals surface area contributed by atoms with Gasteiger partial charge < -0.3 is 5.32 Å². The molecule has 0 aliphatic carbocycles. The normalized spacial score (nSPS) is 26.7. The summed E-state index contributed by atoms with van der Waals surface area (Å²) in [5, 5.41) is 3.15. The molecule has 3 heteroatoms. The van der Waals surface area contributed by atoms with Crippen LogP contribution < -0.4 is 5.32 Å². The first-order valence-electron chi connectivity index (χ1n) is 4.83. The van der Waals surface area contributed by atoms with Gasteiger partial charge in [0.05, 0.1) is 6.67 Å². The molecule has 1 saturated heterocycles. The van der Waals surface area contributed by atoms with Crippen LogP contribution in [-0.2, 0) is 0 Å². The summed E-state index contributed by atoms with van der Waals surface area (Å²) in [6, 6.07) is 6.36. The molecule has 1 aromatic rings. The fraction of sp³-hybridized carbons (Fsp3) is 0.455. The van der Waals surface area contributed by atoms with Gasteiger partial charge in [-0.2, -0.15) is 0 Å². The van der Waals surface area contributed by atoms with Gasteiger partial charge in [-0.3, -0.25) is 4.39 Å². The molecule has 0 saturated carbocycles. The van der Waals surface area contributed by atoms with Gasteiger partial charge in [-0.05, 0) is 17.7 Å². The van der Waals surface area contributed by atoms with E-state index in [1.165, 1.54) is 12.1 Å². The second kappa shape index (κ2) is 4.05. The molecule has 2 rings (SSSR count). The summed E-state index contributed by atoms with van der Waals surface area (Å²) < 4.78 is 25.3. The Morgan fingerprint density at radius 1 is 1.21 bits per heavy atom. The van der Waals surface area contributed by atoms with E-state index >= 15 is 0 Å². The van der Waals surface area contributed by atoms with E-state index in [1.54, 1.807) is 12.1 Å². The average molecular weight is 197 g/mol. The minimum atomic E-state index is -0.310. The lowest BCUT2D eigenvalue weighted by molar-refractivity contribution is 0.358. The summed E-state index contributed by atoms with van der Waals surface area (Å²) in [5.74, 6) is -0.00225. The van der Waals surface area contributed by atoms with Gasteiger partial charge in [-0.1, -0.05) is 12.1 Å². The predicted octanol–water partition coefficient (Wildman–Crippen LogP) is 2.10. The minimum Gasteiger partial charge on any atom is -0.316 e. The first kappa shape index (κ1) is 9.59. The van der Waals surface area contributed by atoms with Crippen molar-refractivity contribution in [1.82, 2.24) is 5.32 Å². The standard InChI is InChI=1S/C11H13F2N/c12-5-9-6-14-7-11(9)8-1-3-10(13)4-2-8/h1-4,9,11,14H,5-7H2/t9-,11-/m1/s1. The molecule has 0 radical (unpaired) electrons. The monoisotopic (exact) mass is 197 g/mol. The number of halogens is 2. The Morgan fingerprint density at radius 2 is 1.93 bits per heavy atom. The second-order valence-electron chi connectivity index (χ2n) is 3.73. The molecule has 0 unspecified atom stereocenters. The molecule has 76 valence electrons. The number of benzene rings is 1. The Hall–Kier alpha value is -0.960. The van der Waals surface area contributed by atoms with Crippen LogP contribution in [0.15, 0.2) is 24.3 Å². The first-order chi connectivity index (χ1) is 6.81. The van der Waals surface area contributed by atoms with Crippen molar-refractivity contribution in [3.63, 3.8) is 0 Å². The third-order valence-corrected chi connectivity index (χ3v) is 2.84. The molecule has 0 aromatic heterocycles. The largest absolute Gasteiger partial charge is 0.316 e. The van der Waals surface area contributed by atoms with E-state index in [1.807, 2.05) is 0 Å². The number of rotatable bonds is 2. The van der Waals surface area contributed by atoms with Crippen LogP contribution in [-0.4, -0.2) is 19.8 Å². The van der Waals surface area contributed by atoms with Crippen LogP contribution in [0.5, 0.6) is 0 Å². The summed E-state index contributed by atoms with van der Waals surface area (Å²) in [4.78, 5) is 0. The summed E-state index contributed by atoms with van der Waals surface area (Å²) >= 11 is 0. The molecule has 1 nitrogen and oxygen atoms in total. The zero-order valence-electron chi connectivity index (χ0n) is 7.84. The van der Waals surface area contributed by atoms with Crippen molar-refractivity contribution < 1.29 is 8.78 Å². The lowest BCUT2D eigenvalue weighted by Gasteiger charge is -2.15. The number of hydrogen-bond donors (Lipinski definition) is 1. The molecule has 1 heterocycles. The highest BCUT2D eigenvalue weighted by Gasteiger charge is 2.27. The molecule has 0 amide bonds. The maximum Gasteiger partial charge on any atom is 0.123 e. The molecule has 0 spiro atoms. The van der Waals surface area contributed by atoms with E-state index in [0.717, 1.165) is 18.7 Å². The van der Waals surface area contributed by atoms with Gasteiger partial charge in [0.1, 0.15) is 5.82 Å². The summed E-state index contributed by atoms with van der Waals surface area (Å²) in [6.45, 7) is 1.20. The Balaban J connectivity index is 2.17. The van der Waals surface area contributed by atoms with Gasteiger partial charge in [0, 0.05) is 24.9 Å². The Kier molecular flexibility index (Phi) is 2.77. The van der Waals surface area contributed by atoms with E-state index in [4.69, 9.17) is 0 Å². The maximum absolute atomic E-state index is 12.7. The highest BCUT2D eigenvalue weighted by molar-refractivity contribution is 5.23. The maximum atomic E-state index is 12.7. The molecule has 1 N–H and O–H groups in total. The van der Waals surface area contributed by atoms with Crippen LogP contribution in [0, 0.1) is 11.7 Å². The van der Waals surface area contributed by atoms with Crippen molar-refractivity contribution in [2.24, 2.45) is 5.92 Å². The van der Waals surface area contributed by atoms with Gasteiger partial charge in [-0.15, -0.1) is 0 Å². The number of hydrogen-bond acceptors (Lipinski definition) is 1. The van der Waals surface area contributed by atoms with Crippen LogP contribution in [0.25, 0.3) is 0 Å². The van der Waals surface area contributed by atoms with Gasteiger partial charge in [0.15, 0.2) is 0 Å².